The van der Waals surface area contributed by atoms with Crippen molar-refractivity contribution in [1.82, 2.24) is 35.6 Å². The average Bonchev–Trinajstić information content (AvgIpc) is 3.62. The number of likely N-dealkylation sites (tertiary alicyclic amines) is 1. The minimum absolute atomic E-state index is 0.114. The van der Waals surface area contributed by atoms with E-state index in [4.69, 9.17) is 0 Å². The van der Waals surface area contributed by atoms with E-state index in [1.165, 1.54) is 21.6 Å². The SMILES string of the molecule is CN[C@H](C(=O)NC(C(=O)N(C)C/C=C(\C)C(=O)NCCCCCNC(=O)CCCN1C(=O)CC(SC)C1=O)C(C)(C)C)C(C)(C)c1cn(C)c2ccccc12. The molecule has 14 heteroatoms. The van der Waals surface area contributed by atoms with Crippen LogP contribution in [0.4, 0.5) is 0 Å². The molecule has 55 heavy (non-hydrogen) atoms. The van der Waals surface area contributed by atoms with Crippen LogP contribution in [0.5, 0.6) is 0 Å². The normalized spacial score (nSPS) is 16.3. The molecule has 6 amide bonds. The number of hydrogen-bond donors (Lipinski definition) is 4. The number of carbonyl (C=O) groups excluding carboxylic acids is 6. The molecule has 0 bridgehead atoms. The van der Waals surface area contributed by atoms with E-state index in [0.717, 1.165) is 35.7 Å². The van der Waals surface area contributed by atoms with E-state index in [1.54, 1.807) is 27.1 Å². The van der Waals surface area contributed by atoms with Gasteiger partial charge in [-0.05, 0) is 63.0 Å². The van der Waals surface area contributed by atoms with Gasteiger partial charge in [-0.15, -0.1) is 0 Å². The number of benzene rings is 1. The summed E-state index contributed by atoms with van der Waals surface area (Å²) < 4.78 is 2.06. The van der Waals surface area contributed by atoms with E-state index in [1.807, 2.05) is 60.1 Å². The van der Waals surface area contributed by atoms with Crippen LogP contribution >= 0.6 is 11.8 Å². The van der Waals surface area contributed by atoms with Crippen molar-refractivity contribution in [3.63, 3.8) is 0 Å². The molecule has 3 atom stereocenters. The van der Waals surface area contributed by atoms with Crippen LogP contribution in [-0.4, -0.2) is 114 Å². The van der Waals surface area contributed by atoms with Gasteiger partial charge < -0.3 is 30.7 Å². The molecule has 0 saturated carbocycles. The first-order chi connectivity index (χ1) is 25.8. The third-order valence-electron chi connectivity index (χ3n) is 10.4. The topological polar surface area (TPSA) is 162 Å². The van der Waals surface area contributed by atoms with Crippen molar-refractivity contribution in [3.05, 3.63) is 47.7 Å². The van der Waals surface area contributed by atoms with Crippen LogP contribution in [0.25, 0.3) is 10.9 Å². The predicted molar refractivity (Wildman–Crippen MR) is 219 cm³/mol. The lowest BCUT2D eigenvalue weighted by Crippen LogP contribution is -2.60. The largest absolute Gasteiger partial charge is 0.356 e. The number of likely N-dealkylation sites (N-methyl/N-ethyl adjacent to an activating group) is 2. The van der Waals surface area contributed by atoms with E-state index >= 15 is 0 Å². The number of fused-ring (bicyclic) bond motifs is 1. The molecule has 304 valence electrons. The molecule has 1 fully saturated rings. The molecule has 0 aliphatic carbocycles. The van der Waals surface area contributed by atoms with Gasteiger partial charge in [-0.25, -0.2) is 0 Å². The van der Waals surface area contributed by atoms with Gasteiger partial charge >= 0.3 is 0 Å². The maximum Gasteiger partial charge on any atom is 0.246 e. The molecule has 1 aliphatic rings. The van der Waals surface area contributed by atoms with Gasteiger partial charge in [-0.2, -0.15) is 11.8 Å². The van der Waals surface area contributed by atoms with Crippen LogP contribution < -0.4 is 21.3 Å². The number of hydrogen-bond acceptors (Lipinski definition) is 8. The van der Waals surface area contributed by atoms with E-state index in [0.29, 0.717) is 25.1 Å². The highest BCUT2D eigenvalue weighted by Gasteiger charge is 2.42. The molecule has 1 saturated heterocycles. The highest BCUT2D eigenvalue weighted by atomic mass is 32.2. The molecule has 1 aromatic heterocycles. The summed E-state index contributed by atoms with van der Waals surface area (Å²) in [6, 6.07) is 6.66. The van der Waals surface area contributed by atoms with Crippen molar-refractivity contribution in [3.8, 4) is 0 Å². The predicted octanol–water partition coefficient (Wildman–Crippen LogP) is 3.65. The van der Waals surface area contributed by atoms with Crippen molar-refractivity contribution >= 4 is 58.1 Å². The van der Waals surface area contributed by atoms with Crippen LogP contribution in [0.2, 0.25) is 0 Å². The second kappa shape index (κ2) is 20.1. The Labute approximate surface area is 331 Å². The first-order valence-corrected chi connectivity index (χ1v) is 20.5. The molecule has 0 spiro atoms. The lowest BCUT2D eigenvalue weighted by molar-refractivity contribution is -0.139. The van der Waals surface area contributed by atoms with E-state index in [-0.39, 0.29) is 66.6 Å². The summed E-state index contributed by atoms with van der Waals surface area (Å²) in [6.45, 7) is 13.0. The number of aromatic nitrogens is 1. The summed E-state index contributed by atoms with van der Waals surface area (Å²) in [4.78, 5) is 79.7. The minimum atomic E-state index is -0.810. The second-order valence-corrected chi connectivity index (χ2v) is 17.2. The zero-order chi connectivity index (χ0) is 41.1. The average molecular weight is 782 g/mol. The fraction of sp³-hybridized carbons (Fsp3) is 0.610. The van der Waals surface area contributed by atoms with Gasteiger partial charge in [0.15, 0.2) is 0 Å². The Hall–Kier alpha value is -4.17. The lowest BCUT2D eigenvalue weighted by atomic mass is 9.76. The molecular formula is C41H63N7O6S. The van der Waals surface area contributed by atoms with Crippen LogP contribution in [-0.2, 0) is 41.2 Å². The maximum absolute atomic E-state index is 13.9. The molecule has 0 radical (unpaired) electrons. The summed E-state index contributed by atoms with van der Waals surface area (Å²) in [5.41, 5.74) is 1.39. The van der Waals surface area contributed by atoms with Crippen LogP contribution in [0.3, 0.4) is 0 Å². The summed E-state index contributed by atoms with van der Waals surface area (Å²) in [7, 11) is 5.41. The number of nitrogens with zero attached hydrogens (tertiary/aromatic N) is 3. The highest BCUT2D eigenvalue weighted by molar-refractivity contribution is 8.00. The third kappa shape index (κ3) is 11.9. The number of thioether (sulfide) groups is 1. The molecule has 1 aliphatic heterocycles. The number of carbonyl (C=O) groups is 6. The van der Waals surface area contributed by atoms with Crippen molar-refractivity contribution < 1.29 is 28.8 Å². The monoisotopic (exact) mass is 781 g/mol. The third-order valence-corrected chi connectivity index (χ3v) is 11.3. The smallest absolute Gasteiger partial charge is 0.246 e. The zero-order valence-electron chi connectivity index (χ0n) is 34.5. The van der Waals surface area contributed by atoms with Crippen LogP contribution in [0.1, 0.15) is 85.6 Å². The molecule has 3 rings (SSSR count). The molecule has 13 nitrogen and oxygen atoms in total. The quantitative estimate of drug-likeness (QED) is 0.0900. The van der Waals surface area contributed by atoms with Crippen LogP contribution in [0, 0.1) is 5.41 Å². The Morgan fingerprint density at radius 3 is 2.25 bits per heavy atom. The Kier molecular flexibility index (Phi) is 16.5. The minimum Gasteiger partial charge on any atom is -0.356 e. The molecular weight excluding hydrogens is 719 g/mol. The zero-order valence-corrected chi connectivity index (χ0v) is 35.3. The number of unbranched alkanes of at least 4 members (excludes halogenated alkanes) is 2. The highest BCUT2D eigenvalue weighted by Crippen LogP contribution is 2.35. The van der Waals surface area contributed by atoms with Gasteiger partial charge in [0.05, 0.1) is 11.3 Å². The summed E-state index contributed by atoms with van der Waals surface area (Å²) in [6.07, 6.45) is 8.79. The summed E-state index contributed by atoms with van der Waals surface area (Å²) in [5, 5.41) is 12.8. The fourth-order valence-corrected chi connectivity index (χ4v) is 7.57. The Morgan fingerprint density at radius 2 is 1.64 bits per heavy atom. The molecule has 4 N–H and O–H groups in total. The van der Waals surface area contributed by atoms with Crippen molar-refractivity contribution in [2.24, 2.45) is 12.5 Å². The Bertz CT molecular complexity index is 1730. The maximum atomic E-state index is 13.9. The van der Waals surface area contributed by atoms with Crippen LogP contribution in [0.15, 0.2) is 42.1 Å². The molecule has 2 unspecified atom stereocenters. The summed E-state index contributed by atoms with van der Waals surface area (Å²) in [5.74, 6) is -1.20. The first-order valence-electron chi connectivity index (χ1n) is 19.2. The summed E-state index contributed by atoms with van der Waals surface area (Å²) >= 11 is 1.38. The van der Waals surface area contributed by atoms with Gasteiger partial charge in [0.25, 0.3) is 0 Å². The fourth-order valence-electron chi connectivity index (χ4n) is 6.94. The van der Waals surface area contributed by atoms with Crippen molar-refractivity contribution in [2.75, 3.05) is 46.5 Å². The van der Waals surface area contributed by atoms with E-state index in [9.17, 15) is 28.8 Å². The number of para-hydroxylation sites is 1. The van der Waals surface area contributed by atoms with E-state index < -0.39 is 22.9 Å². The number of rotatable bonds is 20. The van der Waals surface area contributed by atoms with Gasteiger partial charge in [-0.3, -0.25) is 33.7 Å². The number of nitrogens with one attached hydrogen (secondary N) is 4. The van der Waals surface area contributed by atoms with Gasteiger partial charge in [0.2, 0.25) is 35.4 Å². The molecule has 2 heterocycles. The van der Waals surface area contributed by atoms with Gasteiger partial charge in [0.1, 0.15) is 6.04 Å². The van der Waals surface area contributed by atoms with E-state index in [2.05, 4.69) is 44.2 Å². The standard InChI is InChI=1S/C41H63N7O6S/c1-27(36(51)44-22-15-11-14-21-43-32(49)19-16-23-48-33(50)25-31(55-10)38(48)53)20-24-46(8)39(54)35(40(2,3)4)45-37(52)34(42-7)41(5,6)29-26-47(9)30-18-13-12-17-28(29)30/h12-13,17-18,20,26,31,34-35,42H,11,14-16,19,21-25H2,1-10H3,(H,43,49)(H,44,51)(H,45,52)/b27-20+/t31?,34-,35?/m1/s1. The second-order valence-electron chi connectivity index (χ2n) is 16.1. The number of aryl methyl sites for hydroxylation is 1. The number of imide groups is 1. The van der Waals surface area contributed by atoms with Gasteiger partial charge in [0, 0.05) is 81.2 Å². The molecule has 2 aromatic rings. The number of amides is 6. The van der Waals surface area contributed by atoms with Crippen molar-refractivity contribution in [2.45, 2.75) is 103 Å². The first kappa shape index (κ1) is 45.2. The Balaban J connectivity index is 1.42. The van der Waals surface area contributed by atoms with Gasteiger partial charge in [-0.1, -0.05) is 58.9 Å². The van der Waals surface area contributed by atoms with Crippen molar-refractivity contribution in [1.29, 1.82) is 0 Å². The molecule has 1 aromatic carbocycles. The lowest BCUT2D eigenvalue weighted by Gasteiger charge is -2.38. The Morgan fingerprint density at radius 1 is 0.982 bits per heavy atom.